The molecule has 8 unspecified atom stereocenters. The molecule has 5 aliphatic carbocycles. The molecular formula is C53H46N4OS. The molecule has 59 heavy (non-hydrogen) atoms. The van der Waals surface area contributed by atoms with E-state index in [9.17, 15) is 0 Å². The molecule has 3 aromatic carbocycles. The monoisotopic (exact) mass is 786 g/mol. The maximum atomic E-state index is 7.22. The number of thiophene rings is 1. The Hall–Kier alpha value is -5.82. The molecule has 0 amide bonds. The van der Waals surface area contributed by atoms with Gasteiger partial charge in [0, 0.05) is 78.7 Å². The maximum Gasteiger partial charge on any atom is 0.169 e. The zero-order valence-corrected chi connectivity index (χ0v) is 34.1. The quantitative estimate of drug-likeness (QED) is 0.193. The fraction of sp³-hybridized carbons (Fsp3) is 0.245. The number of rotatable bonds is 5. The summed E-state index contributed by atoms with van der Waals surface area (Å²) in [5, 5.41) is 6.37. The van der Waals surface area contributed by atoms with Gasteiger partial charge in [0.25, 0.3) is 0 Å². The van der Waals surface area contributed by atoms with E-state index in [0.29, 0.717) is 23.7 Å². The van der Waals surface area contributed by atoms with Crippen LogP contribution in [-0.4, -0.2) is 28.7 Å². The second-order valence-electron chi connectivity index (χ2n) is 17.3. The molecule has 0 saturated carbocycles. The van der Waals surface area contributed by atoms with Gasteiger partial charge in [0.1, 0.15) is 23.2 Å². The summed E-state index contributed by atoms with van der Waals surface area (Å²) in [5.74, 6) is 5.83. The molecule has 2 aliphatic heterocycles. The second-order valence-corrected chi connectivity index (χ2v) is 18.4. The van der Waals surface area contributed by atoms with Gasteiger partial charge in [0.15, 0.2) is 6.17 Å². The average molecular weight is 787 g/mol. The standard InChI is InChI=1S/C53H46N4OS/c1-31-28-41(53-55-51(33-15-4-3-5-16-33)54-52(56-53)34-26-27-37-36-18-9-11-25-46(36)59-47(37)30-34)49-40-21-13-24-44(50(40)58-45(49)29-31)57-42-22-10-8-19-39(42)48-38(20-12-23-43(48)57)35-17-7-6-14-32(35)2/h3-23,25-28,30-32,35,39,42-44,48,51H,24,29H2,1-2H3,(H,54,55,56)/t31-,32?,35?,39?,42?,43?,44?,48?,51?/m0/s1. The first-order valence-corrected chi connectivity index (χ1v) is 22.2. The minimum atomic E-state index is -0.379. The van der Waals surface area contributed by atoms with Crippen LogP contribution in [0.3, 0.4) is 0 Å². The van der Waals surface area contributed by atoms with E-state index in [-0.39, 0.29) is 30.2 Å². The zero-order valence-electron chi connectivity index (χ0n) is 33.3. The van der Waals surface area contributed by atoms with Gasteiger partial charge in [0.05, 0.1) is 6.04 Å². The number of fused-ring (bicyclic) bond motifs is 9. The van der Waals surface area contributed by atoms with Crippen molar-refractivity contribution in [2.75, 3.05) is 0 Å². The third kappa shape index (κ3) is 5.67. The fourth-order valence-corrected chi connectivity index (χ4v) is 12.3. The average Bonchev–Trinajstić information content (AvgIpc) is 3.96. The van der Waals surface area contributed by atoms with E-state index in [1.807, 2.05) is 11.3 Å². The summed E-state index contributed by atoms with van der Waals surface area (Å²) < 4.78 is 9.78. The molecule has 4 heterocycles. The Morgan fingerprint density at radius 2 is 1.58 bits per heavy atom. The fourth-order valence-electron chi connectivity index (χ4n) is 11.1. The maximum absolute atomic E-state index is 7.22. The van der Waals surface area contributed by atoms with E-state index < -0.39 is 0 Å². The first-order valence-electron chi connectivity index (χ1n) is 21.4. The smallest absolute Gasteiger partial charge is 0.169 e. The first kappa shape index (κ1) is 35.2. The van der Waals surface area contributed by atoms with E-state index in [2.05, 4.69) is 182 Å². The molecule has 290 valence electrons. The van der Waals surface area contributed by atoms with Crippen molar-refractivity contribution in [3.8, 4) is 0 Å². The third-order valence-corrected chi connectivity index (χ3v) is 14.9. The Balaban J connectivity index is 0.933. The largest absolute Gasteiger partial charge is 0.463 e. The number of likely N-dealkylation sites (tertiary alicyclic amines) is 1. The molecule has 2 aromatic heterocycles. The number of amidine groups is 2. The number of allylic oxidation sites excluding steroid dienone is 9. The molecule has 1 N–H and O–H groups in total. The Bertz CT molecular complexity index is 2850. The van der Waals surface area contributed by atoms with Gasteiger partial charge in [-0.05, 0) is 36.0 Å². The van der Waals surface area contributed by atoms with Crippen molar-refractivity contribution in [3.05, 3.63) is 191 Å². The lowest BCUT2D eigenvalue weighted by Crippen LogP contribution is -2.41. The molecule has 6 heteroatoms. The number of nitrogens with one attached hydrogen (secondary N) is 1. The van der Waals surface area contributed by atoms with Crippen LogP contribution in [0.2, 0.25) is 0 Å². The summed E-state index contributed by atoms with van der Waals surface area (Å²) >= 11 is 1.84. The minimum Gasteiger partial charge on any atom is -0.463 e. The van der Waals surface area contributed by atoms with E-state index in [1.165, 1.54) is 31.3 Å². The molecule has 1 fully saturated rings. The Morgan fingerprint density at radius 1 is 0.780 bits per heavy atom. The van der Waals surface area contributed by atoms with Crippen LogP contribution < -0.4 is 5.32 Å². The SMILES string of the molecule is CC1C=CC=CC1C1=CC=CC2C1C1C=CC=CC1N2C1CC=Cc2c1oc1c2C(C2=NC(c3ccccc3)N=C(c3ccc4c(c3)sc3ccccc34)N2)=C[C@H](C)C1. The number of hydrogen-bond acceptors (Lipinski definition) is 6. The number of hydrogen-bond donors (Lipinski definition) is 1. The first-order chi connectivity index (χ1) is 29.1. The van der Waals surface area contributed by atoms with Crippen molar-refractivity contribution >= 4 is 54.8 Å². The van der Waals surface area contributed by atoms with Crippen LogP contribution in [-0.2, 0) is 6.42 Å². The van der Waals surface area contributed by atoms with E-state index in [0.717, 1.165) is 52.7 Å². The molecular weight excluding hydrogens is 741 g/mol. The van der Waals surface area contributed by atoms with Crippen molar-refractivity contribution in [3.63, 3.8) is 0 Å². The van der Waals surface area contributed by atoms with Gasteiger partial charge in [-0.15, -0.1) is 11.3 Å². The molecule has 5 nitrogen and oxygen atoms in total. The van der Waals surface area contributed by atoms with E-state index in [1.54, 1.807) is 5.57 Å². The summed E-state index contributed by atoms with van der Waals surface area (Å²) in [5.41, 5.74) is 7.18. The van der Waals surface area contributed by atoms with Crippen LogP contribution in [0, 0.1) is 29.6 Å². The molecule has 1 saturated heterocycles. The van der Waals surface area contributed by atoms with Crippen LogP contribution in [0.1, 0.15) is 66.3 Å². The van der Waals surface area contributed by atoms with Crippen molar-refractivity contribution in [1.29, 1.82) is 0 Å². The lowest BCUT2D eigenvalue weighted by atomic mass is 9.70. The van der Waals surface area contributed by atoms with Gasteiger partial charge in [0.2, 0.25) is 0 Å². The van der Waals surface area contributed by atoms with Gasteiger partial charge in [-0.1, -0.05) is 165 Å². The zero-order chi connectivity index (χ0) is 39.2. The normalized spacial score (nSPS) is 30.3. The highest BCUT2D eigenvalue weighted by atomic mass is 32.1. The molecule has 0 spiro atoms. The molecule has 0 radical (unpaired) electrons. The number of furan rings is 1. The molecule has 9 atom stereocenters. The summed E-state index contributed by atoms with van der Waals surface area (Å²) in [6.45, 7) is 4.66. The van der Waals surface area contributed by atoms with Crippen LogP contribution in [0.15, 0.2) is 172 Å². The van der Waals surface area contributed by atoms with Crippen LogP contribution >= 0.6 is 11.3 Å². The van der Waals surface area contributed by atoms with Crippen LogP contribution in [0.5, 0.6) is 0 Å². The van der Waals surface area contributed by atoms with Gasteiger partial charge in [-0.25, -0.2) is 9.98 Å². The van der Waals surface area contributed by atoms with Gasteiger partial charge in [-0.2, -0.15) is 0 Å². The topological polar surface area (TPSA) is 53.1 Å². The van der Waals surface area contributed by atoms with Gasteiger partial charge in [-0.3, -0.25) is 4.90 Å². The van der Waals surface area contributed by atoms with E-state index in [4.69, 9.17) is 14.4 Å². The van der Waals surface area contributed by atoms with Crippen LogP contribution in [0.4, 0.5) is 0 Å². The summed E-state index contributed by atoms with van der Waals surface area (Å²) in [6.07, 6.45) is 34.4. The summed E-state index contributed by atoms with van der Waals surface area (Å²) in [4.78, 5) is 13.5. The molecule has 5 aromatic rings. The van der Waals surface area contributed by atoms with E-state index >= 15 is 0 Å². The highest BCUT2D eigenvalue weighted by Gasteiger charge is 2.53. The minimum absolute atomic E-state index is 0.113. The van der Waals surface area contributed by atoms with Crippen molar-refractivity contribution in [2.24, 2.45) is 39.6 Å². The predicted molar refractivity (Wildman–Crippen MR) is 244 cm³/mol. The Kier molecular flexibility index (Phi) is 8.28. The molecule has 12 rings (SSSR count). The highest BCUT2D eigenvalue weighted by molar-refractivity contribution is 7.25. The lowest BCUT2D eigenvalue weighted by molar-refractivity contribution is 0.140. The number of aliphatic imine (C=N–C) groups is 2. The van der Waals surface area contributed by atoms with Gasteiger partial charge < -0.3 is 9.73 Å². The van der Waals surface area contributed by atoms with Gasteiger partial charge >= 0.3 is 0 Å². The Labute approximate surface area is 349 Å². The van der Waals surface area contributed by atoms with Crippen molar-refractivity contribution < 1.29 is 4.42 Å². The number of benzene rings is 3. The second kappa shape index (κ2) is 13.9. The van der Waals surface area contributed by atoms with Crippen LogP contribution in [0.25, 0.3) is 31.8 Å². The predicted octanol–water partition coefficient (Wildman–Crippen LogP) is 12.1. The number of nitrogens with zero attached hydrogens (tertiary/aromatic N) is 3. The lowest BCUT2D eigenvalue weighted by Gasteiger charge is -2.38. The summed E-state index contributed by atoms with van der Waals surface area (Å²) in [6, 6.07) is 26.6. The molecule has 0 bridgehead atoms. The molecule has 7 aliphatic rings. The highest BCUT2D eigenvalue weighted by Crippen LogP contribution is 2.54. The summed E-state index contributed by atoms with van der Waals surface area (Å²) in [7, 11) is 0. The van der Waals surface area contributed by atoms with Crippen molar-refractivity contribution in [2.45, 2.75) is 51.0 Å². The Morgan fingerprint density at radius 3 is 2.49 bits per heavy atom. The van der Waals surface area contributed by atoms with Crippen molar-refractivity contribution in [1.82, 2.24) is 10.2 Å². The third-order valence-electron chi connectivity index (χ3n) is 13.7.